The van der Waals surface area contributed by atoms with Crippen LogP contribution in [0.4, 0.5) is 0 Å². The van der Waals surface area contributed by atoms with E-state index >= 15 is 0 Å². The van der Waals surface area contributed by atoms with Gasteiger partial charge in [-0.1, -0.05) is 18.9 Å². The normalized spacial score (nSPS) is 18.9. The van der Waals surface area contributed by atoms with Crippen LogP contribution in [0, 0.1) is 5.92 Å². The first kappa shape index (κ1) is 13.9. The summed E-state index contributed by atoms with van der Waals surface area (Å²) in [4.78, 5) is 23.7. The molecule has 0 radical (unpaired) electrons. The Bertz CT molecular complexity index is 563. The number of hydrogen-bond acceptors (Lipinski definition) is 3. The number of carboxylic acids is 1. The first-order valence-corrected chi connectivity index (χ1v) is 7.44. The van der Waals surface area contributed by atoms with Crippen molar-refractivity contribution < 1.29 is 19.4 Å². The maximum absolute atomic E-state index is 12.2. The average Bonchev–Trinajstić information content (AvgIpc) is 3.13. The van der Waals surface area contributed by atoms with E-state index in [1.165, 1.54) is 0 Å². The van der Waals surface area contributed by atoms with Crippen LogP contribution in [0.2, 0.25) is 0 Å². The highest BCUT2D eigenvalue weighted by Crippen LogP contribution is 2.29. The van der Waals surface area contributed by atoms with E-state index in [1.807, 2.05) is 6.07 Å². The Morgan fingerprint density at radius 3 is 2.76 bits per heavy atom. The van der Waals surface area contributed by atoms with E-state index in [4.69, 9.17) is 4.74 Å². The fourth-order valence-electron chi connectivity index (χ4n) is 3.12. The molecule has 2 aliphatic rings. The van der Waals surface area contributed by atoms with Crippen LogP contribution in [-0.2, 0) is 16.0 Å². The Kier molecular flexibility index (Phi) is 3.82. The van der Waals surface area contributed by atoms with Crippen molar-refractivity contribution in [1.82, 2.24) is 5.32 Å². The largest absolute Gasteiger partial charge is 0.493 e. The summed E-state index contributed by atoms with van der Waals surface area (Å²) in [5.41, 5.74) is 1.62. The minimum Gasteiger partial charge on any atom is -0.493 e. The van der Waals surface area contributed by atoms with Crippen molar-refractivity contribution in [3.05, 3.63) is 29.3 Å². The van der Waals surface area contributed by atoms with Crippen molar-refractivity contribution in [3.8, 4) is 5.75 Å². The molecule has 0 aromatic heterocycles. The first-order chi connectivity index (χ1) is 10.1. The Balaban J connectivity index is 1.78. The van der Waals surface area contributed by atoms with Crippen LogP contribution in [0.1, 0.15) is 42.9 Å². The van der Waals surface area contributed by atoms with Crippen molar-refractivity contribution in [2.45, 2.75) is 38.1 Å². The van der Waals surface area contributed by atoms with Gasteiger partial charge in [0.2, 0.25) is 5.91 Å². The first-order valence-electron chi connectivity index (χ1n) is 7.44. The van der Waals surface area contributed by atoms with Crippen LogP contribution in [-0.4, -0.2) is 23.6 Å². The lowest BCUT2D eigenvalue weighted by atomic mass is 10.0. The van der Waals surface area contributed by atoms with Gasteiger partial charge in [-0.05, 0) is 36.1 Å². The molecule has 21 heavy (non-hydrogen) atoms. The highest BCUT2D eigenvalue weighted by atomic mass is 16.5. The van der Waals surface area contributed by atoms with Gasteiger partial charge in [-0.15, -0.1) is 0 Å². The molecule has 1 heterocycles. The van der Waals surface area contributed by atoms with Gasteiger partial charge in [0.25, 0.3) is 0 Å². The van der Waals surface area contributed by atoms with E-state index in [9.17, 15) is 14.7 Å². The molecule has 1 amide bonds. The number of rotatable bonds is 4. The summed E-state index contributed by atoms with van der Waals surface area (Å²) >= 11 is 0. The Hall–Kier alpha value is -2.04. The lowest BCUT2D eigenvalue weighted by molar-refractivity contribution is -0.142. The van der Waals surface area contributed by atoms with Gasteiger partial charge in [-0.25, -0.2) is 4.79 Å². The highest BCUT2D eigenvalue weighted by Gasteiger charge is 2.29. The number of nitrogens with one attached hydrogen (secondary N) is 1. The summed E-state index contributed by atoms with van der Waals surface area (Å²) in [6, 6.07) is 4.35. The summed E-state index contributed by atoms with van der Waals surface area (Å²) in [6.45, 7) is 0.630. The Labute approximate surface area is 123 Å². The third kappa shape index (κ3) is 2.86. The fraction of sp³-hybridized carbons (Fsp3) is 0.500. The van der Waals surface area contributed by atoms with Gasteiger partial charge in [0.15, 0.2) is 6.04 Å². The molecule has 1 fully saturated rings. The molecule has 112 valence electrons. The molecule has 1 saturated carbocycles. The van der Waals surface area contributed by atoms with Crippen molar-refractivity contribution in [1.29, 1.82) is 0 Å². The second-order valence-corrected chi connectivity index (χ2v) is 5.73. The zero-order valence-corrected chi connectivity index (χ0v) is 11.8. The summed E-state index contributed by atoms with van der Waals surface area (Å²) in [7, 11) is 0. The minimum absolute atomic E-state index is 0.0374. The van der Waals surface area contributed by atoms with Gasteiger partial charge >= 0.3 is 5.97 Å². The van der Waals surface area contributed by atoms with E-state index in [0.29, 0.717) is 12.2 Å². The number of hydrogen-bond donors (Lipinski definition) is 2. The van der Waals surface area contributed by atoms with Gasteiger partial charge in [-0.2, -0.15) is 0 Å². The fourth-order valence-corrected chi connectivity index (χ4v) is 3.12. The van der Waals surface area contributed by atoms with Crippen molar-refractivity contribution in [2.24, 2.45) is 5.92 Å². The predicted molar refractivity (Wildman–Crippen MR) is 76.1 cm³/mol. The molecule has 2 N–H and O–H groups in total. The summed E-state index contributed by atoms with van der Waals surface area (Å²) in [5, 5.41) is 12.1. The molecule has 1 atom stereocenters. The van der Waals surface area contributed by atoms with Crippen molar-refractivity contribution >= 4 is 11.9 Å². The molecule has 1 unspecified atom stereocenters. The van der Waals surface area contributed by atoms with Crippen LogP contribution in [0.15, 0.2) is 18.2 Å². The zero-order valence-electron chi connectivity index (χ0n) is 11.8. The highest BCUT2D eigenvalue weighted by molar-refractivity contribution is 5.86. The number of fused-ring (bicyclic) bond motifs is 1. The third-order valence-electron chi connectivity index (χ3n) is 4.31. The zero-order chi connectivity index (χ0) is 14.8. The van der Waals surface area contributed by atoms with E-state index in [-0.39, 0.29) is 11.8 Å². The Morgan fingerprint density at radius 2 is 2.05 bits per heavy atom. The van der Waals surface area contributed by atoms with E-state index in [1.54, 1.807) is 12.1 Å². The number of aliphatic carboxylic acids is 1. The average molecular weight is 289 g/mol. The van der Waals surface area contributed by atoms with Crippen molar-refractivity contribution in [2.75, 3.05) is 6.61 Å². The summed E-state index contributed by atoms with van der Waals surface area (Å²) < 4.78 is 5.42. The molecular weight excluding hydrogens is 270 g/mol. The number of carbonyl (C=O) groups excluding carboxylic acids is 1. The van der Waals surface area contributed by atoms with Crippen LogP contribution in [0.25, 0.3) is 0 Å². The van der Waals surface area contributed by atoms with Gasteiger partial charge in [0, 0.05) is 12.3 Å². The molecule has 0 saturated heterocycles. The molecule has 1 aliphatic heterocycles. The molecule has 1 aromatic rings. The number of ether oxygens (including phenoxy) is 1. The van der Waals surface area contributed by atoms with Crippen LogP contribution >= 0.6 is 0 Å². The van der Waals surface area contributed by atoms with Gasteiger partial charge < -0.3 is 15.2 Å². The van der Waals surface area contributed by atoms with E-state index < -0.39 is 12.0 Å². The quantitative estimate of drug-likeness (QED) is 0.889. The lowest BCUT2D eigenvalue weighted by Crippen LogP contribution is -2.37. The molecule has 1 aliphatic carbocycles. The maximum atomic E-state index is 12.2. The van der Waals surface area contributed by atoms with Gasteiger partial charge in [-0.3, -0.25) is 4.79 Å². The van der Waals surface area contributed by atoms with Gasteiger partial charge in [0.1, 0.15) is 5.75 Å². The molecule has 5 heteroatoms. The molecule has 3 rings (SSSR count). The number of benzene rings is 1. The van der Waals surface area contributed by atoms with Crippen LogP contribution < -0.4 is 10.1 Å². The minimum atomic E-state index is -1.03. The maximum Gasteiger partial charge on any atom is 0.330 e. The molecule has 0 bridgehead atoms. The third-order valence-corrected chi connectivity index (χ3v) is 4.31. The standard InChI is InChI=1S/C16H19NO4/c18-15(10-3-1-2-4-10)17-14(16(19)20)12-5-6-13-11(9-12)7-8-21-13/h5-6,9-10,14H,1-4,7-8H2,(H,17,18)(H,19,20). The number of amides is 1. The van der Waals surface area contributed by atoms with Gasteiger partial charge in [0.05, 0.1) is 6.61 Å². The van der Waals surface area contributed by atoms with E-state index in [2.05, 4.69) is 5.32 Å². The summed E-state index contributed by atoms with van der Waals surface area (Å²) in [6.07, 6.45) is 4.59. The topological polar surface area (TPSA) is 75.6 Å². The molecule has 0 spiro atoms. The van der Waals surface area contributed by atoms with Crippen LogP contribution in [0.3, 0.4) is 0 Å². The molecule has 1 aromatic carbocycles. The monoisotopic (exact) mass is 289 g/mol. The Morgan fingerprint density at radius 1 is 1.29 bits per heavy atom. The predicted octanol–water partition coefficient (Wildman–Crippen LogP) is 2.05. The smallest absolute Gasteiger partial charge is 0.330 e. The molecule has 5 nitrogen and oxygen atoms in total. The SMILES string of the molecule is O=C(NC(C(=O)O)c1ccc2c(c1)CCO2)C1CCCC1. The second kappa shape index (κ2) is 5.76. The van der Waals surface area contributed by atoms with E-state index in [0.717, 1.165) is 43.4 Å². The van der Waals surface area contributed by atoms with Crippen molar-refractivity contribution in [3.63, 3.8) is 0 Å². The number of carboxylic acid groups (broad SMARTS) is 1. The number of carbonyl (C=O) groups is 2. The lowest BCUT2D eigenvalue weighted by Gasteiger charge is -2.18. The molecular formula is C16H19NO4. The van der Waals surface area contributed by atoms with Crippen LogP contribution in [0.5, 0.6) is 5.75 Å². The summed E-state index contributed by atoms with van der Waals surface area (Å²) in [5.74, 6) is -0.397. The second-order valence-electron chi connectivity index (χ2n) is 5.73.